The van der Waals surface area contributed by atoms with Crippen LogP contribution in [0.5, 0.6) is 0 Å². The van der Waals surface area contributed by atoms with Crippen LogP contribution in [0.25, 0.3) is 0 Å². The molecule has 0 saturated carbocycles. The SMILES string of the molecule is CC(C)N1CC2(CCOCC2)c2cc(NC(=O)c3ccsc3)ccc21. The minimum absolute atomic E-state index is 0.0408. The number of nitrogens with one attached hydrogen (secondary N) is 1. The number of nitrogens with zero attached hydrogens (tertiary/aromatic N) is 1. The highest BCUT2D eigenvalue weighted by molar-refractivity contribution is 7.08. The molecule has 1 amide bonds. The van der Waals surface area contributed by atoms with Gasteiger partial charge in [0.25, 0.3) is 5.91 Å². The number of fused-ring (bicyclic) bond motifs is 2. The molecule has 0 aliphatic carbocycles. The normalized spacial score (nSPS) is 18.6. The molecule has 1 N–H and O–H groups in total. The lowest BCUT2D eigenvalue weighted by Crippen LogP contribution is -2.40. The molecule has 0 bridgehead atoms. The average Bonchev–Trinajstić information content (AvgIpc) is 3.24. The molecule has 1 aromatic carbocycles. The standard InChI is InChI=1S/C20H24N2O2S/c1-14(2)22-13-20(6-8-24-9-7-20)17-11-16(3-4-18(17)22)21-19(23)15-5-10-25-12-15/h3-5,10-12,14H,6-9,13H2,1-2H3,(H,21,23). The first-order valence-electron chi connectivity index (χ1n) is 8.91. The summed E-state index contributed by atoms with van der Waals surface area (Å²) in [4.78, 5) is 14.9. The highest BCUT2D eigenvalue weighted by atomic mass is 32.1. The van der Waals surface area contributed by atoms with E-state index in [0.717, 1.165) is 43.9 Å². The molecule has 3 heterocycles. The molecule has 2 aromatic rings. The Kier molecular flexibility index (Phi) is 4.29. The number of carbonyl (C=O) groups excluding carboxylic acids is 1. The molecule has 1 saturated heterocycles. The second kappa shape index (κ2) is 6.46. The Morgan fingerprint density at radius 2 is 2.08 bits per heavy atom. The highest BCUT2D eigenvalue weighted by Crippen LogP contribution is 2.48. The van der Waals surface area contributed by atoms with E-state index in [0.29, 0.717) is 6.04 Å². The molecule has 5 heteroatoms. The highest BCUT2D eigenvalue weighted by Gasteiger charge is 2.44. The van der Waals surface area contributed by atoms with Crippen molar-refractivity contribution >= 4 is 28.6 Å². The van der Waals surface area contributed by atoms with Gasteiger partial charge >= 0.3 is 0 Å². The molecule has 4 rings (SSSR count). The van der Waals surface area contributed by atoms with Gasteiger partial charge in [0, 0.05) is 48.0 Å². The maximum absolute atomic E-state index is 12.4. The van der Waals surface area contributed by atoms with Gasteiger partial charge in [0.1, 0.15) is 0 Å². The van der Waals surface area contributed by atoms with Crippen LogP contribution in [-0.4, -0.2) is 31.7 Å². The number of ether oxygens (including phenoxy) is 1. The van der Waals surface area contributed by atoms with Crippen molar-refractivity contribution in [1.82, 2.24) is 0 Å². The molecule has 4 nitrogen and oxygen atoms in total. The van der Waals surface area contributed by atoms with Crippen LogP contribution in [0.4, 0.5) is 11.4 Å². The second-order valence-electron chi connectivity index (χ2n) is 7.31. The van der Waals surface area contributed by atoms with Crippen molar-refractivity contribution in [2.45, 2.75) is 38.1 Å². The number of amides is 1. The van der Waals surface area contributed by atoms with Crippen molar-refractivity contribution in [2.24, 2.45) is 0 Å². The zero-order valence-corrected chi connectivity index (χ0v) is 15.6. The zero-order valence-electron chi connectivity index (χ0n) is 14.7. The Labute approximate surface area is 152 Å². The minimum atomic E-state index is -0.0408. The van der Waals surface area contributed by atoms with E-state index in [1.54, 1.807) is 0 Å². The van der Waals surface area contributed by atoms with E-state index in [9.17, 15) is 4.79 Å². The van der Waals surface area contributed by atoms with Gasteiger partial charge in [-0.15, -0.1) is 0 Å². The summed E-state index contributed by atoms with van der Waals surface area (Å²) in [7, 11) is 0. The molecule has 2 aliphatic rings. The Hall–Kier alpha value is -1.85. The van der Waals surface area contributed by atoms with Gasteiger partial charge in [0.2, 0.25) is 0 Å². The molecule has 25 heavy (non-hydrogen) atoms. The third-order valence-electron chi connectivity index (χ3n) is 5.46. The van der Waals surface area contributed by atoms with Crippen molar-refractivity contribution in [2.75, 3.05) is 30.0 Å². The van der Waals surface area contributed by atoms with Crippen LogP contribution in [0.2, 0.25) is 0 Å². The van der Waals surface area contributed by atoms with Crippen molar-refractivity contribution in [3.05, 3.63) is 46.2 Å². The largest absolute Gasteiger partial charge is 0.381 e. The number of rotatable bonds is 3. The molecule has 2 aliphatic heterocycles. The molecule has 0 atom stereocenters. The predicted octanol–water partition coefficient (Wildman–Crippen LogP) is 4.28. The lowest BCUT2D eigenvalue weighted by molar-refractivity contribution is 0.0551. The maximum Gasteiger partial charge on any atom is 0.256 e. The van der Waals surface area contributed by atoms with E-state index in [-0.39, 0.29) is 11.3 Å². The summed E-state index contributed by atoms with van der Waals surface area (Å²) in [5.41, 5.74) is 4.43. The minimum Gasteiger partial charge on any atom is -0.381 e. The third kappa shape index (κ3) is 2.96. The van der Waals surface area contributed by atoms with Crippen molar-refractivity contribution in [1.29, 1.82) is 0 Å². The van der Waals surface area contributed by atoms with Gasteiger partial charge in [-0.2, -0.15) is 11.3 Å². The Morgan fingerprint density at radius 3 is 2.76 bits per heavy atom. The maximum atomic E-state index is 12.4. The van der Waals surface area contributed by atoms with Gasteiger partial charge in [-0.1, -0.05) is 0 Å². The van der Waals surface area contributed by atoms with Gasteiger partial charge in [-0.3, -0.25) is 4.79 Å². The average molecular weight is 356 g/mol. The van der Waals surface area contributed by atoms with Crippen LogP contribution in [0.15, 0.2) is 35.0 Å². The van der Waals surface area contributed by atoms with E-state index >= 15 is 0 Å². The quantitative estimate of drug-likeness (QED) is 0.893. The molecule has 1 spiro atoms. The smallest absolute Gasteiger partial charge is 0.256 e. The zero-order chi connectivity index (χ0) is 17.4. The fourth-order valence-electron chi connectivity index (χ4n) is 4.03. The summed E-state index contributed by atoms with van der Waals surface area (Å²) in [5.74, 6) is -0.0408. The van der Waals surface area contributed by atoms with Gasteiger partial charge in [-0.25, -0.2) is 0 Å². The van der Waals surface area contributed by atoms with Crippen LogP contribution in [0, 0.1) is 0 Å². The van der Waals surface area contributed by atoms with Crippen LogP contribution in [-0.2, 0) is 10.2 Å². The van der Waals surface area contributed by atoms with Crippen LogP contribution >= 0.6 is 11.3 Å². The van der Waals surface area contributed by atoms with Crippen molar-refractivity contribution in [3.8, 4) is 0 Å². The summed E-state index contributed by atoms with van der Waals surface area (Å²) in [6.45, 7) is 7.17. The topological polar surface area (TPSA) is 41.6 Å². The Bertz CT molecular complexity index is 764. The predicted molar refractivity (Wildman–Crippen MR) is 103 cm³/mol. The molecule has 0 unspecified atom stereocenters. The third-order valence-corrected chi connectivity index (χ3v) is 6.15. The number of carbonyl (C=O) groups is 1. The van der Waals surface area contributed by atoms with Crippen molar-refractivity contribution in [3.63, 3.8) is 0 Å². The molecule has 0 radical (unpaired) electrons. The second-order valence-corrected chi connectivity index (χ2v) is 8.09. The van der Waals surface area contributed by atoms with Crippen LogP contribution in [0.3, 0.4) is 0 Å². The molecule has 1 aromatic heterocycles. The van der Waals surface area contributed by atoms with E-state index in [2.05, 4.69) is 36.2 Å². The summed E-state index contributed by atoms with van der Waals surface area (Å²) in [5, 5.41) is 6.86. The first-order chi connectivity index (χ1) is 12.1. The molecular formula is C20H24N2O2S. The number of hydrogen-bond donors (Lipinski definition) is 1. The van der Waals surface area contributed by atoms with Gasteiger partial charge < -0.3 is 15.0 Å². The lowest BCUT2D eigenvalue weighted by Gasteiger charge is -2.35. The van der Waals surface area contributed by atoms with E-state index < -0.39 is 0 Å². The number of anilines is 2. The van der Waals surface area contributed by atoms with Gasteiger partial charge in [0.15, 0.2) is 0 Å². The van der Waals surface area contributed by atoms with E-state index in [1.807, 2.05) is 22.9 Å². The number of benzene rings is 1. The summed E-state index contributed by atoms with van der Waals surface area (Å²) in [6, 6.07) is 8.70. The molecule has 1 fully saturated rings. The first-order valence-corrected chi connectivity index (χ1v) is 9.86. The molecular weight excluding hydrogens is 332 g/mol. The molecule has 132 valence electrons. The first kappa shape index (κ1) is 16.6. The summed E-state index contributed by atoms with van der Waals surface area (Å²) in [6.07, 6.45) is 2.09. The summed E-state index contributed by atoms with van der Waals surface area (Å²) >= 11 is 1.54. The lowest BCUT2D eigenvalue weighted by atomic mass is 9.75. The number of hydrogen-bond acceptors (Lipinski definition) is 4. The van der Waals surface area contributed by atoms with Gasteiger partial charge in [-0.05, 0) is 61.9 Å². The van der Waals surface area contributed by atoms with Gasteiger partial charge in [0.05, 0.1) is 5.56 Å². The fraction of sp³-hybridized carbons (Fsp3) is 0.450. The van der Waals surface area contributed by atoms with Crippen molar-refractivity contribution < 1.29 is 9.53 Å². The monoisotopic (exact) mass is 356 g/mol. The summed E-state index contributed by atoms with van der Waals surface area (Å²) < 4.78 is 5.62. The van der Waals surface area contributed by atoms with Crippen LogP contribution < -0.4 is 10.2 Å². The number of thiophene rings is 1. The van der Waals surface area contributed by atoms with E-state index in [4.69, 9.17) is 4.74 Å². The fourth-order valence-corrected chi connectivity index (χ4v) is 4.67. The van der Waals surface area contributed by atoms with E-state index in [1.165, 1.54) is 22.6 Å². The Balaban J connectivity index is 1.67. The Morgan fingerprint density at radius 1 is 1.28 bits per heavy atom. The van der Waals surface area contributed by atoms with Crippen LogP contribution in [0.1, 0.15) is 42.6 Å².